The Bertz CT molecular complexity index is 1670. The Morgan fingerprint density at radius 1 is 1.15 bits per heavy atom. The monoisotopic (exact) mass is 555 g/mol. The molecule has 4 N–H and O–H groups in total. The summed E-state index contributed by atoms with van der Waals surface area (Å²) in [7, 11) is 1.32. The third kappa shape index (κ3) is 5.39. The molecule has 1 aromatic heterocycles. The predicted molar refractivity (Wildman–Crippen MR) is 157 cm³/mol. The van der Waals surface area contributed by atoms with Crippen LogP contribution in [0.5, 0.6) is 5.75 Å². The van der Waals surface area contributed by atoms with E-state index in [4.69, 9.17) is 15.6 Å². The Balaban J connectivity index is 1.41. The highest BCUT2D eigenvalue weighted by molar-refractivity contribution is 6.04. The number of nitrogens with one attached hydrogen (secondary N) is 2. The molecule has 212 valence electrons. The highest BCUT2D eigenvalue weighted by Crippen LogP contribution is 2.36. The number of anilines is 2. The first kappa shape index (κ1) is 27.9. The number of nitrogens with two attached hydrogens (primary N) is 1. The number of hydrogen-bond acceptors (Lipinski definition) is 5. The van der Waals surface area contributed by atoms with E-state index in [9.17, 15) is 14.0 Å². The van der Waals surface area contributed by atoms with Crippen LogP contribution in [0.4, 0.5) is 15.9 Å². The van der Waals surface area contributed by atoms with E-state index < -0.39 is 17.6 Å². The number of carbonyl (C=O) groups is 2. The summed E-state index contributed by atoms with van der Waals surface area (Å²) < 4.78 is 20.9. The Hall–Kier alpha value is -4.66. The molecule has 41 heavy (non-hydrogen) atoms. The molecule has 0 atom stereocenters. The zero-order valence-electron chi connectivity index (χ0n) is 23.9. The van der Waals surface area contributed by atoms with Gasteiger partial charge in [0, 0.05) is 24.3 Å². The summed E-state index contributed by atoms with van der Waals surface area (Å²) in [6.45, 7) is 9.29. The van der Waals surface area contributed by atoms with Gasteiger partial charge in [-0.05, 0) is 65.3 Å². The Kier molecular flexibility index (Phi) is 7.29. The summed E-state index contributed by atoms with van der Waals surface area (Å²) in [6.07, 6.45) is 0.756. The number of carbonyl (C=O) groups excluding carboxylic acids is 2. The fourth-order valence-electron chi connectivity index (χ4n) is 5.14. The lowest BCUT2D eigenvalue weighted by Gasteiger charge is -2.21. The first-order valence-corrected chi connectivity index (χ1v) is 13.5. The first-order valence-electron chi connectivity index (χ1n) is 13.5. The number of halogens is 1. The number of para-hydroxylation sites is 1. The van der Waals surface area contributed by atoms with Gasteiger partial charge in [-0.3, -0.25) is 9.59 Å². The van der Waals surface area contributed by atoms with Gasteiger partial charge in [-0.25, -0.2) is 9.07 Å². The Morgan fingerprint density at radius 2 is 1.93 bits per heavy atom. The molecule has 1 aliphatic rings. The number of amides is 2. The minimum atomic E-state index is -0.600. The average Bonchev–Trinajstić information content (AvgIpc) is 3.19. The molecular weight excluding hydrogens is 521 g/mol. The molecular formula is C32H34FN5O3. The number of aromatic nitrogens is 2. The summed E-state index contributed by atoms with van der Waals surface area (Å²) in [6, 6.07) is 16.2. The minimum absolute atomic E-state index is 0.0274. The maximum atomic E-state index is 14.0. The minimum Gasteiger partial charge on any atom is -0.493 e. The first-order chi connectivity index (χ1) is 19.5. The van der Waals surface area contributed by atoms with Crippen LogP contribution in [0.25, 0.3) is 11.3 Å². The van der Waals surface area contributed by atoms with Gasteiger partial charge in [0.15, 0.2) is 11.6 Å². The number of fused-ring (bicyclic) bond motifs is 2. The van der Waals surface area contributed by atoms with Gasteiger partial charge in [-0.1, -0.05) is 51.1 Å². The van der Waals surface area contributed by atoms with Crippen LogP contribution in [-0.4, -0.2) is 28.7 Å². The molecule has 0 bridgehead atoms. The summed E-state index contributed by atoms with van der Waals surface area (Å²) in [4.78, 5) is 25.5. The quantitative estimate of drug-likeness (QED) is 0.286. The molecule has 0 unspecified atom stereocenters. The standard InChI is InChI=1S/C32H34FN5O3/c1-18-15-20(9-10-21(18)17-35-31(40)23-7-6-8-24(33)28(23)41-5)27-26(29(34)39)30-36-25-12-11-22(32(2,3)4)16-19(25)13-14-38(30)37-27/h6-12,15-16,36H,13-14,17H2,1-5H3,(H2,34,39)(H,35,40). The number of rotatable bonds is 6. The van der Waals surface area contributed by atoms with Crippen molar-refractivity contribution in [1.29, 1.82) is 0 Å². The number of hydrogen-bond donors (Lipinski definition) is 3. The van der Waals surface area contributed by atoms with Crippen LogP contribution >= 0.6 is 0 Å². The maximum absolute atomic E-state index is 14.0. The van der Waals surface area contributed by atoms with E-state index in [2.05, 4.69) is 49.6 Å². The average molecular weight is 556 g/mol. The summed E-state index contributed by atoms with van der Waals surface area (Å²) >= 11 is 0. The van der Waals surface area contributed by atoms with E-state index in [0.29, 0.717) is 23.6 Å². The molecule has 4 aromatic rings. The van der Waals surface area contributed by atoms with Crippen molar-refractivity contribution >= 4 is 23.3 Å². The number of ether oxygens (including phenoxy) is 1. The fourth-order valence-corrected chi connectivity index (χ4v) is 5.14. The third-order valence-corrected chi connectivity index (χ3v) is 7.49. The largest absolute Gasteiger partial charge is 0.493 e. The zero-order valence-corrected chi connectivity index (χ0v) is 23.9. The van der Waals surface area contributed by atoms with E-state index in [1.165, 1.54) is 30.9 Å². The molecule has 3 aromatic carbocycles. The second-order valence-corrected chi connectivity index (χ2v) is 11.3. The molecule has 2 heterocycles. The molecule has 0 spiro atoms. The van der Waals surface area contributed by atoms with E-state index in [1.807, 2.05) is 29.8 Å². The van der Waals surface area contributed by atoms with E-state index in [0.717, 1.165) is 34.4 Å². The third-order valence-electron chi connectivity index (χ3n) is 7.49. The van der Waals surface area contributed by atoms with Gasteiger partial charge in [0.2, 0.25) is 0 Å². The van der Waals surface area contributed by atoms with Gasteiger partial charge in [0.05, 0.1) is 12.7 Å². The van der Waals surface area contributed by atoms with E-state index in [1.54, 1.807) is 0 Å². The maximum Gasteiger partial charge on any atom is 0.255 e. The highest BCUT2D eigenvalue weighted by Gasteiger charge is 2.27. The van der Waals surface area contributed by atoms with Crippen molar-refractivity contribution in [2.75, 3.05) is 12.4 Å². The van der Waals surface area contributed by atoms with E-state index >= 15 is 0 Å². The smallest absolute Gasteiger partial charge is 0.255 e. The second kappa shape index (κ2) is 10.7. The van der Waals surface area contributed by atoms with Crippen LogP contribution in [0.15, 0.2) is 54.6 Å². The molecule has 0 fully saturated rings. The molecule has 0 aliphatic carbocycles. The predicted octanol–water partition coefficient (Wildman–Crippen LogP) is 5.63. The molecule has 2 amide bonds. The molecule has 8 nitrogen and oxygen atoms in total. The topological polar surface area (TPSA) is 111 Å². The van der Waals surface area contributed by atoms with Crippen molar-refractivity contribution in [2.24, 2.45) is 5.73 Å². The van der Waals surface area contributed by atoms with Gasteiger partial charge in [0.1, 0.15) is 17.1 Å². The van der Waals surface area contributed by atoms with Crippen LogP contribution in [0.2, 0.25) is 0 Å². The van der Waals surface area contributed by atoms with Crippen molar-refractivity contribution < 1.29 is 18.7 Å². The highest BCUT2D eigenvalue weighted by atomic mass is 19.1. The van der Waals surface area contributed by atoms with Crippen molar-refractivity contribution in [3.05, 3.63) is 93.8 Å². The lowest BCUT2D eigenvalue weighted by Crippen LogP contribution is -2.24. The number of methoxy groups -OCH3 is 1. The Morgan fingerprint density at radius 3 is 2.61 bits per heavy atom. The van der Waals surface area contributed by atoms with Crippen LogP contribution in [-0.2, 0) is 24.9 Å². The summed E-state index contributed by atoms with van der Waals surface area (Å²) in [5, 5.41) is 11.1. The fraction of sp³-hybridized carbons (Fsp3) is 0.281. The van der Waals surface area contributed by atoms with Gasteiger partial charge in [-0.2, -0.15) is 5.10 Å². The van der Waals surface area contributed by atoms with Crippen molar-refractivity contribution in [2.45, 2.75) is 52.6 Å². The summed E-state index contributed by atoms with van der Waals surface area (Å²) in [5.41, 5.74) is 12.7. The normalized spacial score (nSPS) is 12.5. The van der Waals surface area contributed by atoms with Crippen molar-refractivity contribution in [1.82, 2.24) is 15.1 Å². The number of benzene rings is 3. The molecule has 0 radical (unpaired) electrons. The van der Waals surface area contributed by atoms with Crippen molar-refractivity contribution in [3.8, 4) is 17.0 Å². The number of nitrogens with zero attached hydrogens (tertiary/aromatic N) is 2. The molecule has 0 saturated heterocycles. The van der Waals surface area contributed by atoms with Crippen molar-refractivity contribution in [3.63, 3.8) is 0 Å². The molecule has 5 rings (SSSR count). The van der Waals surface area contributed by atoms with Gasteiger partial charge < -0.3 is 21.1 Å². The second-order valence-electron chi connectivity index (χ2n) is 11.3. The molecule has 9 heteroatoms. The summed E-state index contributed by atoms with van der Waals surface area (Å²) in [5.74, 6) is -1.13. The SMILES string of the molecule is COc1c(F)cccc1C(=O)NCc1ccc(-c2nn3c(c2C(N)=O)Nc2ccc(C(C)(C)C)cc2CC3)cc1C. The van der Waals surface area contributed by atoms with Crippen LogP contribution in [0.3, 0.4) is 0 Å². The van der Waals surface area contributed by atoms with Gasteiger partial charge in [-0.15, -0.1) is 0 Å². The van der Waals surface area contributed by atoms with E-state index in [-0.39, 0.29) is 23.3 Å². The van der Waals surface area contributed by atoms with Gasteiger partial charge in [0.25, 0.3) is 11.8 Å². The lowest BCUT2D eigenvalue weighted by atomic mass is 9.85. The number of primary amides is 1. The lowest BCUT2D eigenvalue weighted by molar-refractivity contribution is 0.0945. The van der Waals surface area contributed by atoms with Crippen LogP contribution in [0, 0.1) is 12.7 Å². The zero-order chi connectivity index (χ0) is 29.5. The molecule has 1 aliphatic heterocycles. The Labute approximate surface area is 238 Å². The number of aryl methyl sites for hydroxylation is 3. The molecule has 0 saturated carbocycles. The van der Waals surface area contributed by atoms with Gasteiger partial charge >= 0.3 is 0 Å². The van der Waals surface area contributed by atoms with Crippen LogP contribution in [0.1, 0.15) is 63.7 Å². The van der Waals surface area contributed by atoms with Crippen LogP contribution < -0.4 is 21.1 Å².